The molecule has 0 atom stereocenters. The number of hydrogen-bond acceptors (Lipinski definition) is 1. The maximum Gasteiger partial charge on any atom is 0.119 e. The molecule has 2 heteroatoms. The molecule has 0 amide bonds. The minimum atomic E-state index is 0.510. The summed E-state index contributed by atoms with van der Waals surface area (Å²) in [7, 11) is 0. The number of hydrogen-bond donors (Lipinski definition) is 0. The van der Waals surface area contributed by atoms with E-state index in [9.17, 15) is 0 Å². The van der Waals surface area contributed by atoms with Crippen molar-refractivity contribution in [2.45, 2.75) is 13.3 Å². The van der Waals surface area contributed by atoms with E-state index in [2.05, 4.69) is 49.4 Å². The van der Waals surface area contributed by atoms with Crippen molar-refractivity contribution in [3.63, 3.8) is 0 Å². The van der Waals surface area contributed by atoms with Gasteiger partial charge >= 0.3 is 0 Å². The lowest BCUT2D eigenvalue weighted by atomic mass is 10.0. The molecular weight excluding hydrogens is 268 g/mol. The summed E-state index contributed by atoms with van der Waals surface area (Å²) in [6.45, 7) is 2.72. The lowest BCUT2D eigenvalue weighted by Gasteiger charge is -2.08. The Hall–Kier alpha value is -1.73. The van der Waals surface area contributed by atoms with Crippen molar-refractivity contribution in [1.29, 1.82) is 0 Å². The van der Waals surface area contributed by atoms with Crippen LogP contribution in [0.4, 0.5) is 0 Å². The summed E-state index contributed by atoms with van der Waals surface area (Å²) >= 11 is 5.61. The van der Waals surface area contributed by atoms with Gasteiger partial charge in [-0.3, -0.25) is 0 Å². The van der Waals surface area contributed by atoms with Crippen LogP contribution >= 0.6 is 11.6 Å². The molecule has 0 bridgehead atoms. The summed E-state index contributed by atoms with van der Waals surface area (Å²) in [4.78, 5) is 0. The van der Waals surface area contributed by atoms with Gasteiger partial charge in [-0.1, -0.05) is 55.5 Å². The maximum absolute atomic E-state index is 5.61. The van der Waals surface area contributed by atoms with Gasteiger partial charge in [0.2, 0.25) is 0 Å². The van der Waals surface area contributed by atoms with Gasteiger partial charge in [0, 0.05) is 0 Å². The molecule has 20 heavy (non-hydrogen) atoms. The molecule has 0 fully saturated rings. The third-order valence-electron chi connectivity index (χ3n) is 3.09. The molecule has 0 aliphatic heterocycles. The van der Waals surface area contributed by atoms with E-state index in [1.165, 1.54) is 16.7 Å². The monoisotopic (exact) mass is 286 g/mol. The van der Waals surface area contributed by atoms with Crippen LogP contribution in [0.15, 0.2) is 54.6 Å². The second-order valence-electron chi connectivity index (χ2n) is 4.50. The fraction of sp³-hybridized carbons (Fsp3) is 0.222. The first-order valence-corrected chi connectivity index (χ1v) is 7.41. The fourth-order valence-corrected chi connectivity index (χ4v) is 2.14. The Bertz CT molecular complexity index is 543. The smallest absolute Gasteiger partial charge is 0.119 e. The zero-order valence-electron chi connectivity index (χ0n) is 11.7. The molecule has 2 aromatic carbocycles. The average Bonchev–Trinajstić information content (AvgIpc) is 2.52. The van der Waals surface area contributed by atoms with Gasteiger partial charge < -0.3 is 4.74 Å². The summed E-state index contributed by atoms with van der Waals surface area (Å²) in [5.74, 6) is 1.38. The van der Waals surface area contributed by atoms with Crippen LogP contribution in [0.2, 0.25) is 0 Å². The number of allylic oxidation sites excluding steroid dienone is 1. The molecular formula is C18H19ClO. The molecule has 0 saturated carbocycles. The van der Waals surface area contributed by atoms with Crippen molar-refractivity contribution in [2.75, 3.05) is 12.5 Å². The lowest BCUT2D eigenvalue weighted by molar-refractivity contribution is 0.343. The summed E-state index contributed by atoms with van der Waals surface area (Å²) < 4.78 is 5.49. The van der Waals surface area contributed by atoms with E-state index < -0.39 is 0 Å². The Kier molecular flexibility index (Phi) is 5.69. The molecule has 104 valence electrons. The minimum absolute atomic E-state index is 0.510. The summed E-state index contributed by atoms with van der Waals surface area (Å²) in [5, 5.41) is 0. The number of benzene rings is 2. The van der Waals surface area contributed by atoms with Crippen LogP contribution in [0.1, 0.15) is 24.5 Å². The van der Waals surface area contributed by atoms with Crippen LogP contribution in [0.5, 0.6) is 5.75 Å². The van der Waals surface area contributed by atoms with Gasteiger partial charge in [-0.25, -0.2) is 0 Å². The minimum Gasteiger partial charge on any atom is -0.492 e. The zero-order chi connectivity index (χ0) is 14.2. The van der Waals surface area contributed by atoms with Crippen molar-refractivity contribution >= 4 is 23.3 Å². The Balaban J connectivity index is 2.17. The summed E-state index contributed by atoms with van der Waals surface area (Å²) in [6, 6.07) is 18.6. The summed E-state index contributed by atoms with van der Waals surface area (Å²) in [6.07, 6.45) is 3.23. The number of rotatable bonds is 6. The van der Waals surface area contributed by atoms with E-state index in [0.717, 1.165) is 12.2 Å². The first-order valence-electron chi connectivity index (χ1n) is 6.88. The molecule has 1 nitrogen and oxygen atoms in total. The van der Waals surface area contributed by atoms with Crippen LogP contribution in [-0.2, 0) is 0 Å². The van der Waals surface area contributed by atoms with Gasteiger partial charge in [-0.05, 0) is 35.3 Å². The van der Waals surface area contributed by atoms with E-state index in [1.807, 2.05) is 18.2 Å². The Morgan fingerprint density at radius 3 is 2.35 bits per heavy atom. The molecule has 0 aliphatic rings. The molecule has 0 spiro atoms. The van der Waals surface area contributed by atoms with Crippen molar-refractivity contribution in [3.8, 4) is 5.75 Å². The van der Waals surface area contributed by atoms with E-state index in [4.69, 9.17) is 16.3 Å². The van der Waals surface area contributed by atoms with Crippen molar-refractivity contribution in [1.82, 2.24) is 0 Å². The van der Waals surface area contributed by atoms with Gasteiger partial charge in [-0.15, -0.1) is 11.6 Å². The van der Waals surface area contributed by atoms with Gasteiger partial charge in [0.15, 0.2) is 0 Å². The van der Waals surface area contributed by atoms with Gasteiger partial charge in [0.05, 0.1) is 5.88 Å². The molecule has 2 rings (SSSR count). The predicted octanol–water partition coefficient (Wildman–Crippen LogP) is 5.25. The number of halogens is 1. The topological polar surface area (TPSA) is 9.23 Å². The third-order valence-corrected chi connectivity index (χ3v) is 3.25. The highest BCUT2D eigenvalue weighted by Crippen LogP contribution is 2.23. The molecule has 0 N–H and O–H groups in total. The van der Waals surface area contributed by atoms with Crippen LogP contribution in [0.25, 0.3) is 11.6 Å². The third kappa shape index (κ3) is 4.14. The Labute approximate surface area is 125 Å². The van der Waals surface area contributed by atoms with E-state index in [-0.39, 0.29) is 0 Å². The second-order valence-corrected chi connectivity index (χ2v) is 4.87. The largest absolute Gasteiger partial charge is 0.492 e. The highest BCUT2D eigenvalue weighted by atomic mass is 35.5. The lowest BCUT2D eigenvalue weighted by Crippen LogP contribution is -1.97. The van der Waals surface area contributed by atoms with Crippen LogP contribution in [0.3, 0.4) is 0 Å². The SMILES string of the molecule is CC/C(=C\c1ccccc1)c1ccc(OCCCl)cc1. The predicted molar refractivity (Wildman–Crippen MR) is 87.3 cm³/mol. The molecule has 0 heterocycles. The first-order chi connectivity index (χ1) is 9.83. The Morgan fingerprint density at radius 1 is 1.05 bits per heavy atom. The fourth-order valence-electron chi connectivity index (χ4n) is 2.06. The maximum atomic E-state index is 5.61. The van der Waals surface area contributed by atoms with Gasteiger partial charge in [0.1, 0.15) is 12.4 Å². The molecule has 0 aliphatic carbocycles. The van der Waals surface area contributed by atoms with Gasteiger partial charge in [-0.2, -0.15) is 0 Å². The van der Waals surface area contributed by atoms with E-state index in [1.54, 1.807) is 0 Å². The molecule has 0 saturated heterocycles. The van der Waals surface area contributed by atoms with Crippen LogP contribution in [0, 0.1) is 0 Å². The quantitative estimate of drug-likeness (QED) is 0.520. The number of alkyl halides is 1. The highest BCUT2D eigenvalue weighted by Gasteiger charge is 2.01. The standard InChI is InChI=1S/C18H19ClO/c1-2-16(14-15-6-4-3-5-7-15)17-8-10-18(11-9-17)20-13-12-19/h3-11,14H,2,12-13H2,1H3/b16-14+. The molecule has 0 unspecified atom stereocenters. The van der Waals surface area contributed by atoms with E-state index >= 15 is 0 Å². The van der Waals surface area contributed by atoms with Crippen LogP contribution < -0.4 is 4.74 Å². The second kappa shape index (κ2) is 7.76. The number of ether oxygens (including phenoxy) is 1. The summed E-state index contributed by atoms with van der Waals surface area (Å²) in [5.41, 5.74) is 3.78. The molecule has 0 aromatic heterocycles. The van der Waals surface area contributed by atoms with Crippen molar-refractivity contribution < 1.29 is 4.74 Å². The molecule has 0 radical (unpaired) electrons. The zero-order valence-corrected chi connectivity index (χ0v) is 12.4. The van der Waals surface area contributed by atoms with E-state index in [0.29, 0.717) is 12.5 Å². The first kappa shape index (κ1) is 14.7. The van der Waals surface area contributed by atoms with Gasteiger partial charge in [0.25, 0.3) is 0 Å². The van der Waals surface area contributed by atoms with Crippen LogP contribution in [-0.4, -0.2) is 12.5 Å². The molecule has 2 aromatic rings. The van der Waals surface area contributed by atoms with Crippen molar-refractivity contribution in [3.05, 3.63) is 65.7 Å². The van der Waals surface area contributed by atoms with Crippen molar-refractivity contribution in [2.24, 2.45) is 0 Å². The average molecular weight is 287 g/mol. The normalized spacial score (nSPS) is 11.4. The highest BCUT2D eigenvalue weighted by molar-refractivity contribution is 6.18. The Morgan fingerprint density at radius 2 is 1.75 bits per heavy atom.